The van der Waals surface area contributed by atoms with Crippen molar-refractivity contribution >= 4 is 28.5 Å². The highest BCUT2D eigenvalue weighted by Gasteiger charge is 2.36. The summed E-state index contributed by atoms with van der Waals surface area (Å²) >= 11 is 0. The van der Waals surface area contributed by atoms with E-state index in [0.29, 0.717) is 35.8 Å². The van der Waals surface area contributed by atoms with Gasteiger partial charge in [-0.15, -0.1) is 5.10 Å². The van der Waals surface area contributed by atoms with Gasteiger partial charge >= 0.3 is 0 Å². The zero-order valence-electron chi connectivity index (χ0n) is 20.3. The Hall–Kier alpha value is -3.94. The average Bonchev–Trinajstić information content (AvgIpc) is 3.53. The molecule has 0 saturated carbocycles. The molecule has 0 radical (unpaired) electrons. The summed E-state index contributed by atoms with van der Waals surface area (Å²) in [7, 11) is 0. The predicted octanol–water partition coefficient (Wildman–Crippen LogP) is 4.52. The highest BCUT2D eigenvalue weighted by atomic mass is 16.3. The van der Waals surface area contributed by atoms with E-state index in [-0.39, 0.29) is 18.4 Å². The Balaban J connectivity index is 1.75. The van der Waals surface area contributed by atoms with Crippen LogP contribution in [0.2, 0.25) is 0 Å². The number of hydrogen-bond donors (Lipinski definition) is 1. The summed E-state index contributed by atoms with van der Waals surface area (Å²) in [6.45, 7) is 6.67. The third kappa shape index (κ3) is 5.42. The van der Waals surface area contributed by atoms with Crippen LogP contribution in [-0.4, -0.2) is 33.4 Å². The van der Waals surface area contributed by atoms with Gasteiger partial charge in [0.15, 0.2) is 6.04 Å². The number of nitrogens with zero attached hydrogens (tertiary/aromatic N) is 4. The lowest BCUT2D eigenvalue weighted by Crippen LogP contribution is -2.45. The zero-order valence-corrected chi connectivity index (χ0v) is 20.3. The summed E-state index contributed by atoms with van der Waals surface area (Å²) in [5.41, 5.74) is 3.08. The van der Waals surface area contributed by atoms with Crippen molar-refractivity contribution in [2.24, 2.45) is 5.92 Å². The highest BCUT2D eigenvalue weighted by molar-refractivity contribution is 6.01. The van der Waals surface area contributed by atoms with E-state index in [0.717, 1.165) is 17.5 Å². The Labute approximate surface area is 204 Å². The van der Waals surface area contributed by atoms with Gasteiger partial charge in [-0.3, -0.25) is 14.5 Å². The maximum absolute atomic E-state index is 14.0. The van der Waals surface area contributed by atoms with Crippen molar-refractivity contribution < 1.29 is 14.0 Å². The molecule has 4 aromatic rings. The predicted molar refractivity (Wildman–Crippen MR) is 135 cm³/mol. The molecule has 0 saturated heterocycles. The molecule has 1 atom stereocenters. The van der Waals surface area contributed by atoms with Crippen LogP contribution in [0.5, 0.6) is 0 Å². The highest BCUT2D eigenvalue weighted by Crippen LogP contribution is 2.32. The lowest BCUT2D eigenvalue weighted by Gasteiger charge is -2.31. The van der Waals surface area contributed by atoms with E-state index in [1.54, 1.807) is 21.7 Å². The molecule has 0 bridgehead atoms. The Bertz CT molecular complexity index is 1280. The van der Waals surface area contributed by atoms with Crippen molar-refractivity contribution in [1.29, 1.82) is 0 Å². The summed E-state index contributed by atoms with van der Waals surface area (Å²) in [5, 5.41) is 11.4. The molecule has 0 spiro atoms. The number of carbonyl (C=O) groups excluding carboxylic acids is 2. The number of aromatic nitrogens is 3. The number of amides is 2. The van der Waals surface area contributed by atoms with Crippen molar-refractivity contribution in [2.75, 3.05) is 11.4 Å². The van der Waals surface area contributed by atoms with Crippen LogP contribution in [0.1, 0.15) is 44.6 Å². The number of aryl methyl sites for hydroxylation is 1. The molecule has 0 aliphatic heterocycles. The van der Waals surface area contributed by atoms with E-state index in [4.69, 9.17) is 4.42 Å². The van der Waals surface area contributed by atoms with Crippen molar-refractivity contribution in [2.45, 2.75) is 46.2 Å². The quantitative estimate of drug-likeness (QED) is 0.365. The van der Waals surface area contributed by atoms with Crippen LogP contribution < -0.4 is 10.2 Å². The Kier molecular flexibility index (Phi) is 7.60. The molecule has 8 heteroatoms. The summed E-state index contributed by atoms with van der Waals surface area (Å²) in [4.78, 5) is 29.1. The number of rotatable bonds is 10. The lowest BCUT2D eigenvalue weighted by molar-refractivity contribution is -0.127. The van der Waals surface area contributed by atoms with Crippen molar-refractivity contribution in [3.8, 4) is 0 Å². The van der Waals surface area contributed by atoms with E-state index in [1.807, 2.05) is 55.5 Å². The maximum atomic E-state index is 14.0. The lowest BCUT2D eigenvalue weighted by atomic mass is 10.0. The number of furan rings is 1. The minimum Gasteiger partial charge on any atom is -0.467 e. The van der Waals surface area contributed by atoms with Gasteiger partial charge in [0.25, 0.3) is 5.91 Å². The summed E-state index contributed by atoms with van der Waals surface area (Å²) < 4.78 is 7.25. The molecule has 2 aromatic heterocycles. The van der Waals surface area contributed by atoms with Gasteiger partial charge in [0.1, 0.15) is 17.8 Å². The van der Waals surface area contributed by atoms with E-state index in [2.05, 4.69) is 29.5 Å². The van der Waals surface area contributed by atoms with Gasteiger partial charge in [-0.25, -0.2) is 4.68 Å². The van der Waals surface area contributed by atoms with E-state index < -0.39 is 6.04 Å². The van der Waals surface area contributed by atoms with Gasteiger partial charge in [-0.05, 0) is 54.7 Å². The Morgan fingerprint density at radius 2 is 1.83 bits per heavy atom. The van der Waals surface area contributed by atoms with Crippen LogP contribution in [-0.2, 0) is 22.6 Å². The van der Waals surface area contributed by atoms with Crippen LogP contribution in [0.15, 0.2) is 71.3 Å². The molecule has 0 aliphatic rings. The second-order valence-corrected chi connectivity index (χ2v) is 8.87. The number of benzene rings is 2. The SMILES string of the molecule is CCc1ccccc1N(C(=O)Cn1nnc2ccccc21)C(C(=O)NCCC(C)C)c1ccco1. The van der Waals surface area contributed by atoms with Crippen molar-refractivity contribution in [3.05, 3.63) is 78.3 Å². The van der Waals surface area contributed by atoms with Crippen molar-refractivity contribution in [1.82, 2.24) is 20.3 Å². The number of fused-ring (bicyclic) bond motifs is 1. The third-order valence-electron chi connectivity index (χ3n) is 5.95. The first kappa shape index (κ1) is 24.2. The van der Waals surface area contributed by atoms with Crippen LogP contribution in [0.25, 0.3) is 11.0 Å². The molecular weight excluding hydrogens is 442 g/mol. The molecule has 0 fully saturated rings. The molecule has 182 valence electrons. The number of carbonyl (C=O) groups is 2. The number of para-hydroxylation sites is 2. The van der Waals surface area contributed by atoms with Crippen LogP contribution in [0.4, 0.5) is 5.69 Å². The Morgan fingerprint density at radius 1 is 1.06 bits per heavy atom. The monoisotopic (exact) mass is 473 g/mol. The molecule has 35 heavy (non-hydrogen) atoms. The fraction of sp³-hybridized carbons (Fsp3) is 0.333. The first-order valence-corrected chi connectivity index (χ1v) is 12.0. The molecule has 2 amide bonds. The van der Waals surface area contributed by atoms with Crippen LogP contribution in [0.3, 0.4) is 0 Å². The van der Waals surface area contributed by atoms with Gasteiger partial charge < -0.3 is 9.73 Å². The first-order chi connectivity index (χ1) is 17.0. The number of hydrogen-bond acceptors (Lipinski definition) is 5. The standard InChI is InChI=1S/C27H31N5O3/c1-4-20-10-5-7-12-22(20)32(25(33)18-31-23-13-8-6-11-21(23)29-30-31)26(24-14-9-17-35-24)27(34)28-16-15-19(2)3/h5-14,17,19,26H,4,15-16,18H2,1-3H3,(H,28,34). The van der Waals surface area contributed by atoms with Gasteiger partial charge in [0.2, 0.25) is 5.91 Å². The normalized spacial score (nSPS) is 12.1. The smallest absolute Gasteiger partial charge is 0.251 e. The molecule has 1 N–H and O–H groups in total. The molecule has 2 heterocycles. The van der Waals surface area contributed by atoms with Crippen molar-refractivity contribution in [3.63, 3.8) is 0 Å². The summed E-state index contributed by atoms with van der Waals surface area (Å²) in [6.07, 6.45) is 3.05. The zero-order chi connectivity index (χ0) is 24.8. The second-order valence-electron chi connectivity index (χ2n) is 8.87. The third-order valence-corrected chi connectivity index (χ3v) is 5.95. The summed E-state index contributed by atoms with van der Waals surface area (Å²) in [6, 6.07) is 17.6. The molecule has 2 aromatic carbocycles. The molecular formula is C27H31N5O3. The van der Waals surface area contributed by atoms with Gasteiger partial charge in [-0.1, -0.05) is 56.3 Å². The van der Waals surface area contributed by atoms with Crippen LogP contribution >= 0.6 is 0 Å². The van der Waals surface area contributed by atoms with Gasteiger partial charge in [-0.2, -0.15) is 0 Å². The van der Waals surface area contributed by atoms with Gasteiger partial charge in [0, 0.05) is 12.2 Å². The molecule has 4 rings (SSSR count). The number of anilines is 1. The molecule has 1 unspecified atom stereocenters. The second kappa shape index (κ2) is 11.0. The largest absolute Gasteiger partial charge is 0.467 e. The van der Waals surface area contributed by atoms with E-state index >= 15 is 0 Å². The fourth-order valence-electron chi connectivity index (χ4n) is 4.10. The molecule has 8 nitrogen and oxygen atoms in total. The first-order valence-electron chi connectivity index (χ1n) is 12.0. The maximum Gasteiger partial charge on any atom is 0.251 e. The Morgan fingerprint density at radius 3 is 2.57 bits per heavy atom. The van der Waals surface area contributed by atoms with Crippen LogP contribution in [0, 0.1) is 5.92 Å². The fourth-order valence-corrected chi connectivity index (χ4v) is 4.10. The number of nitrogens with one attached hydrogen (secondary N) is 1. The minimum atomic E-state index is -0.966. The summed E-state index contributed by atoms with van der Waals surface area (Å²) in [5.74, 6) is 0.261. The van der Waals surface area contributed by atoms with E-state index in [1.165, 1.54) is 6.26 Å². The minimum absolute atomic E-state index is 0.0744. The van der Waals surface area contributed by atoms with E-state index in [9.17, 15) is 9.59 Å². The molecule has 0 aliphatic carbocycles. The average molecular weight is 474 g/mol. The van der Waals surface area contributed by atoms with Gasteiger partial charge in [0.05, 0.1) is 11.8 Å². The topological polar surface area (TPSA) is 93.3 Å².